The van der Waals surface area contributed by atoms with Crippen LogP contribution in [0.15, 0.2) is 46.8 Å². The van der Waals surface area contributed by atoms with Gasteiger partial charge in [0, 0.05) is 55.7 Å². The van der Waals surface area contributed by atoms with Crippen LogP contribution in [0.2, 0.25) is 0 Å². The molecule has 1 aromatic heterocycles. The third-order valence-electron chi connectivity index (χ3n) is 6.43. The molecule has 1 saturated heterocycles. The van der Waals surface area contributed by atoms with Crippen LogP contribution in [0.4, 0.5) is 5.00 Å². The predicted molar refractivity (Wildman–Crippen MR) is 131 cm³/mol. The van der Waals surface area contributed by atoms with E-state index >= 15 is 0 Å². The standard InChI is InChI=1S/C24H28N6O3S/c1-15-11-17-23(29-9-7-28(2)8-10-29)26-19-12-16(3-4-18(19)27-24(17)34-15)13-25-20(31)14-30-21(32)5-6-22(30)33/h4-6,11-12,16,27H,3,7-10,13-14H2,1-2H3,(H,25,31). The number of aliphatic imine (C=N–C) groups is 1. The van der Waals surface area contributed by atoms with Gasteiger partial charge < -0.3 is 20.4 Å². The molecule has 1 unspecified atom stereocenters. The lowest BCUT2D eigenvalue weighted by atomic mass is 9.97. The largest absolute Gasteiger partial charge is 0.354 e. The van der Waals surface area contributed by atoms with E-state index in [0.29, 0.717) is 6.54 Å². The quantitative estimate of drug-likeness (QED) is 0.631. The van der Waals surface area contributed by atoms with Crippen molar-refractivity contribution >= 4 is 39.9 Å². The fraction of sp³-hybridized carbons (Fsp3) is 0.417. The molecule has 0 bridgehead atoms. The number of nitrogens with one attached hydrogen (secondary N) is 2. The first kappa shape index (κ1) is 22.5. The number of imide groups is 1. The van der Waals surface area contributed by atoms with Crippen LogP contribution in [0.1, 0.15) is 16.9 Å². The van der Waals surface area contributed by atoms with Crippen molar-refractivity contribution in [3.05, 3.63) is 52.2 Å². The Morgan fingerprint density at radius 3 is 2.68 bits per heavy atom. The second kappa shape index (κ2) is 9.19. The van der Waals surface area contributed by atoms with E-state index < -0.39 is 11.8 Å². The Kier molecular flexibility index (Phi) is 6.09. The number of carbonyl (C=O) groups is 3. The summed E-state index contributed by atoms with van der Waals surface area (Å²) in [4.78, 5) is 47.7. The minimum atomic E-state index is -0.453. The number of piperazine rings is 1. The van der Waals surface area contributed by atoms with E-state index in [1.807, 2.05) is 0 Å². The van der Waals surface area contributed by atoms with Crippen LogP contribution < -0.4 is 10.6 Å². The van der Waals surface area contributed by atoms with Crippen molar-refractivity contribution < 1.29 is 14.4 Å². The maximum absolute atomic E-state index is 12.3. The van der Waals surface area contributed by atoms with Crippen molar-refractivity contribution in [2.24, 2.45) is 10.9 Å². The molecule has 1 aromatic rings. The summed E-state index contributed by atoms with van der Waals surface area (Å²) >= 11 is 1.74. The summed E-state index contributed by atoms with van der Waals surface area (Å²) in [5.41, 5.74) is 3.02. The third kappa shape index (κ3) is 4.55. The molecule has 4 aliphatic rings. The van der Waals surface area contributed by atoms with Crippen molar-refractivity contribution in [3.8, 4) is 0 Å². The summed E-state index contributed by atoms with van der Waals surface area (Å²) in [6, 6.07) is 2.20. The maximum atomic E-state index is 12.3. The molecule has 3 amide bonds. The topological polar surface area (TPSA) is 97.3 Å². The monoisotopic (exact) mass is 480 g/mol. The van der Waals surface area contributed by atoms with Crippen LogP contribution in [0, 0.1) is 12.8 Å². The summed E-state index contributed by atoms with van der Waals surface area (Å²) in [5, 5.41) is 7.56. The van der Waals surface area contributed by atoms with Gasteiger partial charge in [-0.1, -0.05) is 12.2 Å². The molecule has 1 aliphatic carbocycles. The van der Waals surface area contributed by atoms with Gasteiger partial charge in [0.2, 0.25) is 5.91 Å². The van der Waals surface area contributed by atoms with E-state index in [0.717, 1.165) is 65.3 Å². The van der Waals surface area contributed by atoms with Gasteiger partial charge in [0.25, 0.3) is 11.8 Å². The zero-order valence-corrected chi connectivity index (χ0v) is 20.2. The average Bonchev–Trinajstić information content (AvgIpc) is 3.29. The predicted octanol–water partition coefficient (Wildman–Crippen LogP) is 1.30. The fourth-order valence-corrected chi connectivity index (χ4v) is 5.39. The second-order valence-electron chi connectivity index (χ2n) is 9.02. The van der Waals surface area contributed by atoms with Gasteiger partial charge in [0.1, 0.15) is 17.4 Å². The molecule has 34 heavy (non-hydrogen) atoms. The highest BCUT2D eigenvalue weighted by Crippen LogP contribution is 2.37. The second-order valence-corrected chi connectivity index (χ2v) is 10.3. The molecule has 0 radical (unpaired) electrons. The van der Waals surface area contributed by atoms with Gasteiger partial charge in [-0.05, 0) is 26.5 Å². The Hall–Kier alpha value is -3.24. The third-order valence-corrected chi connectivity index (χ3v) is 7.40. The number of aryl methyl sites for hydroxylation is 1. The Labute approximate surface area is 202 Å². The molecule has 0 aromatic carbocycles. The molecule has 10 heteroatoms. The number of fused-ring (bicyclic) bond motifs is 2. The summed E-state index contributed by atoms with van der Waals surface area (Å²) in [6.45, 7) is 6.12. The minimum Gasteiger partial charge on any atom is -0.354 e. The fourth-order valence-electron chi connectivity index (χ4n) is 4.47. The van der Waals surface area contributed by atoms with E-state index in [4.69, 9.17) is 4.99 Å². The number of hydrogen-bond acceptors (Lipinski definition) is 8. The lowest BCUT2D eigenvalue weighted by Crippen LogP contribution is -2.47. The first-order chi connectivity index (χ1) is 16.4. The number of amides is 3. The van der Waals surface area contributed by atoms with Gasteiger partial charge in [-0.15, -0.1) is 11.3 Å². The summed E-state index contributed by atoms with van der Waals surface area (Å²) in [5.74, 6) is -0.186. The molecule has 178 valence electrons. The van der Waals surface area contributed by atoms with Crippen LogP contribution in [0.5, 0.6) is 0 Å². The lowest BCUT2D eigenvalue weighted by Gasteiger charge is -2.34. The van der Waals surface area contributed by atoms with E-state index in [1.54, 1.807) is 11.3 Å². The molecular weight excluding hydrogens is 452 g/mol. The lowest BCUT2D eigenvalue weighted by molar-refractivity contribution is -0.141. The molecular formula is C24H28N6O3S. The van der Waals surface area contributed by atoms with E-state index in [1.165, 1.54) is 17.0 Å². The number of anilines is 1. The first-order valence-electron chi connectivity index (χ1n) is 11.5. The summed E-state index contributed by atoms with van der Waals surface area (Å²) in [6.07, 6.45) is 7.37. The van der Waals surface area contributed by atoms with Crippen molar-refractivity contribution in [1.82, 2.24) is 20.0 Å². The van der Waals surface area contributed by atoms with E-state index in [9.17, 15) is 14.4 Å². The van der Waals surface area contributed by atoms with Gasteiger partial charge in [-0.3, -0.25) is 19.3 Å². The SMILES string of the molecule is Cc1cc2c(s1)NC1=CCC(CNC(=O)CN3C(=O)C=CC3=O)C=C1N=C2N1CCN(C)CC1. The average molecular weight is 481 g/mol. The highest BCUT2D eigenvalue weighted by molar-refractivity contribution is 7.16. The van der Waals surface area contributed by atoms with Gasteiger partial charge in [-0.25, -0.2) is 4.99 Å². The zero-order chi connectivity index (χ0) is 23.8. The molecule has 5 rings (SSSR count). The Bertz CT molecular complexity index is 1140. The van der Waals surface area contributed by atoms with E-state index in [2.05, 4.69) is 52.6 Å². The number of carbonyl (C=O) groups excluding carboxylic acids is 3. The minimum absolute atomic E-state index is 0.0722. The molecule has 0 saturated carbocycles. The van der Waals surface area contributed by atoms with Crippen LogP contribution >= 0.6 is 11.3 Å². The molecule has 0 spiro atoms. The van der Waals surface area contributed by atoms with Crippen molar-refractivity contribution in [2.45, 2.75) is 13.3 Å². The maximum Gasteiger partial charge on any atom is 0.254 e. The number of hydrogen-bond donors (Lipinski definition) is 2. The molecule has 1 fully saturated rings. The van der Waals surface area contributed by atoms with Crippen molar-refractivity contribution in [3.63, 3.8) is 0 Å². The highest BCUT2D eigenvalue weighted by atomic mass is 32.1. The van der Waals surface area contributed by atoms with Crippen LogP contribution in [0.25, 0.3) is 0 Å². The van der Waals surface area contributed by atoms with Crippen LogP contribution in [0.3, 0.4) is 0 Å². The normalized spacial score (nSPS) is 22.4. The molecule has 4 heterocycles. The van der Waals surface area contributed by atoms with Gasteiger partial charge in [0.05, 0.1) is 17.0 Å². The Morgan fingerprint density at radius 1 is 1.21 bits per heavy atom. The van der Waals surface area contributed by atoms with Crippen LogP contribution in [-0.4, -0.2) is 84.6 Å². The van der Waals surface area contributed by atoms with Crippen LogP contribution in [-0.2, 0) is 14.4 Å². The van der Waals surface area contributed by atoms with Gasteiger partial charge in [0.15, 0.2) is 0 Å². The van der Waals surface area contributed by atoms with Gasteiger partial charge >= 0.3 is 0 Å². The van der Waals surface area contributed by atoms with Crippen molar-refractivity contribution in [1.29, 1.82) is 0 Å². The summed E-state index contributed by atoms with van der Waals surface area (Å²) in [7, 11) is 2.14. The Morgan fingerprint density at radius 2 is 1.94 bits per heavy atom. The number of amidine groups is 1. The first-order valence-corrected chi connectivity index (χ1v) is 12.3. The zero-order valence-electron chi connectivity index (χ0n) is 19.3. The number of nitrogens with zero attached hydrogens (tertiary/aromatic N) is 4. The number of allylic oxidation sites excluding steroid dienone is 1. The number of likely N-dealkylation sites (N-methyl/N-ethyl adjacent to an activating group) is 1. The molecule has 2 N–H and O–H groups in total. The van der Waals surface area contributed by atoms with E-state index in [-0.39, 0.29) is 18.4 Å². The molecule has 3 aliphatic heterocycles. The smallest absolute Gasteiger partial charge is 0.254 e. The Balaban J connectivity index is 1.31. The summed E-state index contributed by atoms with van der Waals surface area (Å²) < 4.78 is 0. The van der Waals surface area contributed by atoms with Gasteiger partial charge in [-0.2, -0.15) is 0 Å². The highest BCUT2D eigenvalue weighted by Gasteiger charge is 2.29. The number of thiophene rings is 1. The number of rotatable bonds is 4. The molecule has 9 nitrogen and oxygen atoms in total. The molecule has 1 atom stereocenters. The van der Waals surface area contributed by atoms with Crippen molar-refractivity contribution in [2.75, 3.05) is 51.6 Å².